The largest absolute Gasteiger partial charge is 0.415 e. The molecule has 0 atom stereocenters. The first kappa shape index (κ1) is 19.4. The lowest BCUT2D eigenvalue weighted by Gasteiger charge is -2.55. The van der Waals surface area contributed by atoms with Crippen LogP contribution in [0.2, 0.25) is 0 Å². The highest BCUT2D eigenvalue weighted by Crippen LogP contribution is 2.60. The van der Waals surface area contributed by atoms with Crippen LogP contribution in [0.4, 0.5) is 4.79 Å². The van der Waals surface area contributed by atoms with Crippen LogP contribution in [0.25, 0.3) is 0 Å². The van der Waals surface area contributed by atoms with E-state index in [1.807, 2.05) is 0 Å². The minimum atomic E-state index is -0.401. The molecule has 5 fully saturated rings. The number of thioether (sulfide) groups is 1. The topological polar surface area (TPSA) is 97.1 Å². The van der Waals surface area contributed by atoms with Gasteiger partial charge in [-0.3, -0.25) is 10.1 Å². The minimum absolute atomic E-state index is 0.0721. The predicted molar refractivity (Wildman–Crippen MR) is 108 cm³/mol. The van der Waals surface area contributed by atoms with E-state index in [2.05, 4.69) is 20.8 Å². The second-order valence-corrected chi connectivity index (χ2v) is 10.6. The van der Waals surface area contributed by atoms with Crippen molar-refractivity contribution in [2.45, 2.75) is 87.3 Å². The molecule has 5 aliphatic rings. The predicted octanol–water partition coefficient (Wildman–Crippen LogP) is 3.79. The monoisotopic (exact) mass is 418 g/mol. The quantitative estimate of drug-likeness (QED) is 0.706. The van der Waals surface area contributed by atoms with Gasteiger partial charge in [0.05, 0.1) is 5.75 Å². The Morgan fingerprint density at radius 1 is 1.00 bits per heavy atom. The Morgan fingerprint density at radius 2 is 1.66 bits per heavy atom. The van der Waals surface area contributed by atoms with Crippen LogP contribution in [0.3, 0.4) is 0 Å². The molecule has 0 spiro atoms. The van der Waals surface area contributed by atoms with Gasteiger partial charge in [0.2, 0.25) is 11.8 Å². The summed E-state index contributed by atoms with van der Waals surface area (Å²) in [4.78, 5) is 24.1. The summed E-state index contributed by atoms with van der Waals surface area (Å²) in [6.45, 7) is 0. The Bertz CT molecular complexity index is 738. The Balaban J connectivity index is 1.12. The van der Waals surface area contributed by atoms with Crippen molar-refractivity contribution in [3.05, 3.63) is 5.89 Å². The van der Waals surface area contributed by atoms with Crippen LogP contribution >= 0.6 is 11.8 Å². The van der Waals surface area contributed by atoms with E-state index in [-0.39, 0.29) is 23.1 Å². The number of carbonyl (C=O) groups excluding carboxylic acids is 2. The van der Waals surface area contributed by atoms with Gasteiger partial charge in [0.25, 0.3) is 5.22 Å². The zero-order chi connectivity index (χ0) is 19.8. The number of nitrogens with zero attached hydrogens (tertiary/aromatic N) is 2. The molecule has 1 aromatic heterocycles. The average molecular weight is 419 g/mol. The highest BCUT2D eigenvalue weighted by molar-refractivity contribution is 7.99. The van der Waals surface area contributed by atoms with E-state index in [0.717, 1.165) is 49.3 Å². The molecule has 158 valence electrons. The van der Waals surface area contributed by atoms with Gasteiger partial charge >= 0.3 is 6.03 Å². The Hall–Kier alpha value is -1.57. The molecule has 1 aromatic rings. The maximum absolute atomic E-state index is 12.1. The highest BCUT2D eigenvalue weighted by atomic mass is 32.2. The van der Waals surface area contributed by atoms with Gasteiger partial charge in [0, 0.05) is 11.5 Å². The molecule has 3 amide bonds. The molecule has 8 heteroatoms. The van der Waals surface area contributed by atoms with E-state index in [0.29, 0.717) is 5.22 Å². The van der Waals surface area contributed by atoms with Gasteiger partial charge in [-0.2, -0.15) is 0 Å². The van der Waals surface area contributed by atoms with Crippen LogP contribution in [0, 0.1) is 17.8 Å². The summed E-state index contributed by atoms with van der Waals surface area (Å²) in [5.74, 6) is 2.99. The maximum Gasteiger partial charge on any atom is 0.321 e. The number of imide groups is 1. The van der Waals surface area contributed by atoms with E-state index in [4.69, 9.17) is 4.42 Å². The van der Waals surface area contributed by atoms with E-state index in [1.54, 1.807) is 0 Å². The fourth-order valence-corrected chi connectivity index (χ4v) is 7.18. The van der Waals surface area contributed by atoms with Crippen LogP contribution in [-0.2, 0) is 10.2 Å². The smallest absolute Gasteiger partial charge is 0.321 e. The Morgan fingerprint density at radius 3 is 2.31 bits per heavy atom. The summed E-state index contributed by atoms with van der Waals surface area (Å²) >= 11 is 1.21. The number of aromatic nitrogens is 2. The van der Waals surface area contributed by atoms with Crippen molar-refractivity contribution in [3.8, 4) is 0 Å². The number of urea groups is 1. The van der Waals surface area contributed by atoms with Gasteiger partial charge in [-0.25, -0.2) is 4.79 Å². The Kier molecular flexibility index (Phi) is 5.30. The van der Waals surface area contributed by atoms with Crippen LogP contribution in [-0.4, -0.2) is 33.9 Å². The molecule has 0 saturated heterocycles. The van der Waals surface area contributed by atoms with E-state index in [1.165, 1.54) is 56.7 Å². The van der Waals surface area contributed by atoms with Gasteiger partial charge in [0.1, 0.15) is 0 Å². The average Bonchev–Trinajstić information content (AvgIpc) is 3.16. The van der Waals surface area contributed by atoms with E-state index < -0.39 is 6.03 Å². The van der Waals surface area contributed by atoms with Crippen molar-refractivity contribution in [2.24, 2.45) is 17.8 Å². The lowest BCUT2D eigenvalue weighted by Crippen LogP contribution is -2.48. The zero-order valence-electron chi connectivity index (χ0n) is 16.8. The number of carbonyl (C=O) groups is 2. The molecular formula is C21H30N4O3S. The second kappa shape index (κ2) is 7.93. The fourth-order valence-electron chi connectivity index (χ4n) is 6.61. The van der Waals surface area contributed by atoms with Crippen molar-refractivity contribution >= 4 is 23.7 Å². The third-order valence-electron chi connectivity index (χ3n) is 7.42. The van der Waals surface area contributed by atoms with Gasteiger partial charge in [-0.15, -0.1) is 10.2 Å². The molecule has 0 unspecified atom stereocenters. The van der Waals surface area contributed by atoms with Gasteiger partial charge in [-0.1, -0.05) is 31.0 Å². The van der Waals surface area contributed by atoms with E-state index in [9.17, 15) is 9.59 Å². The maximum atomic E-state index is 12.1. The number of hydrogen-bond acceptors (Lipinski definition) is 6. The molecule has 5 saturated carbocycles. The summed E-state index contributed by atoms with van der Waals surface area (Å²) in [6.07, 6.45) is 13.1. The molecule has 0 radical (unpaired) electrons. The standard InChI is InChI=1S/C21H30N4O3S/c26-17(23-19(27)22-16-4-2-1-3-5-16)12-29-20-25-24-18(28-20)21-9-13-6-14(10-21)8-15(7-13)11-21/h13-16H,1-12H2,(H2,22,23,26,27). The second-order valence-electron chi connectivity index (χ2n) is 9.72. The molecule has 7 nitrogen and oxygen atoms in total. The first-order chi connectivity index (χ1) is 14.1. The normalized spacial score (nSPS) is 33.6. The molecule has 4 bridgehead atoms. The van der Waals surface area contributed by atoms with Crippen molar-refractivity contribution in [1.29, 1.82) is 0 Å². The third kappa shape index (κ3) is 4.18. The van der Waals surface area contributed by atoms with Crippen molar-refractivity contribution in [1.82, 2.24) is 20.8 Å². The summed E-state index contributed by atoms with van der Waals surface area (Å²) in [6, 6.07) is -0.217. The van der Waals surface area contributed by atoms with Crippen LogP contribution in [0.1, 0.15) is 76.5 Å². The molecule has 1 heterocycles. The van der Waals surface area contributed by atoms with Crippen molar-refractivity contribution < 1.29 is 14.0 Å². The SMILES string of the molecule is O=C(CSc1nnc(C23CC4CC(CC(C4)C2)C3)o1)NC(=O)NC1CCCCC1. The van der Waals surface area contributed by atoms with Gasteiger partial charge in [0.15, 0.2) is 0 Å². The van der Waals surface area contributed by atoms with Crippen LogP contribution < -0.4 is 10.6 Å². The summed E-state index contributed by atoms with van der Waals surface area (Å²) in [5, 5.41) is 14.3. The van der Waals surface area contributed by atoms with Crippen molar-refractivity contribution in [3.63, 3.8) is 0 Å². The molecule has 5 aliphatic carbocycles. The number of hydrogen-bond donors (Lipinski definition) is 2. The number of rotatable bonds is 5. The first-order valence-corrected chi connectivity index (χ1v) is 12.1. The van der Waals surface area contributed by atoms with Crippen LogP contribution in [0.15, 0.2) is 9.64 Å². The van der Waals surface area contributed by atoms with Crippen molar-refractivity contribution in [2.75, 3.05) is 5.75 Å². The molecule has 0 aromatic carbocycles. The summed E-state index contributed by atoms with van der Waals surface area (Å²) in [5.41, 5.74) is 0.0721. The zero-order valence-corrected chi connectivity index (χ0v) is 17.6. The van der Waals surface area contributed by atoms with E-state index >= 15 is 0 Å². The first-order valence-electron chi connectivity index (χ1n) is 11.2. The Labute approximate surface area is 175 Å². The third-order valence-corrected chi connectivity index (χ3v) is 8.24. The lowest BCUT2D eigenvalue weighted by atomic mass is 9.49. The van der Waals surface area contributed by atoms with Gasteiger partial charge < -0.3 is 9.73 Å². The molecule has 29 heavy (non-hydrogen) atoms. The van der Waals surface area contributed by atoms with Crippen LogP contribution in [0.5, 0.6) is 0 Å². The minimum Gasteiger partial charge on any atom is -0.415 e. The molecule has 0 aliphatic heterocycles. The highest BCUT2D eigenvalue weighted by Gasteiger charge is 2.54. The number of nitrogens with one attached hydrogen (secondary N) is 2. The molecular weight excluding hydrogens is 388 g/mol. The van der Waals surface area contributed by atoms with Gasteiger partial charge in [-0.05, 0) is 69.1 Å². The lowest BCUT2D eigenvalue weighted by molar-refractivity contribution is -0.117. The molecule has 6 rings (SSSR count). The fraction of sp³-hybridized carbons (Fsp3) is 0.810. The summed E-state index contributed by atoms with van der Waals surface area (Å²) in [7, 11) is 0. The number of amides is 3. The molecule has 2 N–H and O–H groups in total. The summed E-state index contributed by atoms with van der Waals surface area (Å²) < 4.78 is 6.01.